The molecule has 9 heteroatoms. The molecule has 0 spiro atoms. The molecule has 0 unspecified atom stereocenters. The fourth-order valence-electron chi connectivity index (χ4n) is 2.85. The zero-order valence-electron chi connectivity index (χ0n) is 17.8. The molecule has 3 aromatic rings. The second-order valence-electron chi connectivity index (χ2n) is 6.93. The molecule has 1 amide bonds. The van der Waals surface area contributed by atoms with E-state index in [-0.39, 0.29) is 47.3 Å². The Morgan fingerprint density at radius 2 is 1.75 bits per heavy atom. The second kappa shape index (κ2) is 11.3. The molecule has 0 radical (unpaired) electrons. The van der Waals surface area contributed by atoms with E-state index in [0.717, 1.165) is 11.3 Å². The van der Waals surface area contributed by atoms with Crippen molar-refractivity contribution in [1.29, 1.82) is 0 Å². The maximum absolute atomic E-state index is 12.5. The molecule has 0 atom stereocenters. The van der Waals surface area contributed by atoms with Gasteiger partial charge in [0, 0.05) is 30.4 Å². The quantitative estimate of drug-likeness (QED) is 0.532. The van der Waals surface area contributed by atoms with Crippen LogP contribution in [0.2, 0.25) is 10.0 Å². The number of halogens is 2. The molecule has 0 aliphatic rings. The molecule has 0 heterocycles. The van der Waals surface area contributed by atoms with Crippen molar-refractivity contribution in [2.75, 3.05) is 24.3 Å². The van der Waals surface area contributed by atoms with Gasteiger partial charge in [0.1, 0.15) is 12.4 Å². The molecule has 3 aromatic carbocycles. The van der Waals surface area contributed by atoms with Crippen molar-refractivity contribution >= 4 is 46.5 Å². The number of aromatic carboxylic acids is 1. The predicted octanol–water partition coefficient (Wildman–Crippen LogP) is 1.26. The van der Waals surface area contributed by atoms with Gasteiger partial charge in [0.05, 0.1) is 22.2 Å². The molecule has 0 aliphatic carbocycles. The summed E-state index contributed by atoms with van der Waals surface area (Å²) in [6.07, 6.45) is 0. The molecule has 160 valence electrons. The number of carboxylic acid groups (broad SMARTS) is 1. The monoisotopic (exact) mass is 464 g/mol. The van der Waals surface area contributed by atoms with Crippen LogP contribution in [0.5, 0.6) is 5.75 Å². The molecule has 3 rings (SSSR count). The molecular weight excluding hydrogens is 446 g/mol. The van der Waals surface area contributed by atoms with Crippen molar-refractivity contribution in [3.8, 4) is 5.75 Å². The summed E-state index contributed by atoms with van der Waals surface area (Å²) in [6.45, 7) is 0.250. The normalized spacial score (nSPS) is 10.1. The summed E-state index contributed by atoms with van der Waals surface area (Å²) in [5.41, 5.74) is 1.97. The van der Waals surface area contributed by atoms with Gasteiger partial charge in [0.2, 0.25) is 0 Å². The van der Waals surface area contributed by atoms with E-state index in [9.17, 15) is 14.7 Å². The molecule has 0 bridgehead atoms. The molecule has 6 nitrogen and oxygen atoms in total. The van der Waals surface area contributed by atoms with E-state index in [1.807, 2.05) is 43.3 Å². The van der Waals surface area contributed by atoms with E-state index in [0.29, 0.717) is 10.8 Å². The Balaban J connectivity index is 0.00000363. The molecule has 0 aliphatic heterocycles. The van der Waals surface area contributed by atoms with Gasteiger partial charge in [-0.25, -0.2) is 0 Å². The summed E-state index contributed by atoms with van der Waals surface area (Å²) in [4.78, 5) is 26.1. The molecule has 0 saturated heterocycles. The number of hydrogen-bond acceptors (Lipinski definition) is 5. The molecule has 1 N–H and O–H groups in total. The molecule has 32 heavy (non-hydrogen) atoms. The fraction of sp³-hybridized carbons (Fsp3) is 0.130. The van der Waals surface area contributed by atoms with Crippen LogP contribution in [0.25, 0.3) is 0 Å². The summed E-state index contributed by atoms with van der Waals surface area (Å²) < 4.78 is 5.74. The first kappa shape index (κ1) is 25.6. The first-order valence-corrected chi connectivity index (χ1v) is 10.0. The number of amides is 1. The minimum absolute atomic E-state index is 0. The average Bonchev–Trinajstić information content (AvgIpc) is 2.72. The standard InChI is InChI=1S/C23H20Cl2N2O4.Li/c1-27(2)16-5-3-4-14(10-16)13-31-17-7-9-21(19(12-17)23(29)30)26-22(28)18-8-6-15(24)11-20(18)25;/h3-12H,13H2,1-2H3,(H,26,28)(H,29,30);/q;+1/p-1. The number of benzene rings is 3. The molecule has 0 aromatic heterocycles. The first-order chi connectivity index (χ1) is 14.7. The minimum Gasteiger partial charge on any atom is -0.545 e. The van der Waals surface area contributed by atoms with Crippen LogP contribution in [0, 0.1) is 0 Å². The van der Waals surface area contributed by atoms with Crippen molar-refractivity contribution in [3.05, 3.63) is 87.4 Å². The van der Waals surface area contributed by atoms with Gasteiger partial charge in [0.25, 0.3) is 5.91 Å². The van der Waals surface area contributed by atoms with Gasteiger partial charge in [0.15, 0.2) is 0 Å². The average molecular weight is 465 g/mol. The van der Waals surface area contributed by atoms with Crippen molar-refractivity contribution in [2.24, 2.45) is 0 Å². The molecule has 0 fully saturated rings. The Kier molecular flexibility index (Phi) is 9.06. The van der Waals surface area contributed by atoms with Crippen LogP contribution >= 0.6 is 23.2 Å². The van der Waals surface area contributed by atoms with Crippen molar-refractivity contribution in [2.45, 2.75) is 6.61 Å². The Morgan fingerprint density at radius 1 is 1.00 bits per heavy atom. The van der Waals surface area contributed by atoms with Crippen molar-refractivity contribution in [3.63, 3.8) is 0 Å². The van der Waals surface area contributed by atoms with Crippen LogP contribution in [-0.2, 0) is 6.61 Å². The van der Waals surface area contributed by atoms with Crippen LogP contribution in [0.15, 0.2) is 60.7 Å². The largest absolute Gasteiger partial charge is 1.00 e. The number of carbonyl (C=O) groups is 2. The van der Waals surface area contributed by atoms with E-state index in [1.165, 1.54) is 30.3 Å². The number of nitrogens with zero attached hydrogens (tertiary/aromatic N) is 1. The Bertz CT molecular complexity index is 1140. The Labute approximate surface area is 208 Å². The number of anilines is 2. The second-order valence-corrected chi connectivity index (χ2v) is 7.77. The third-order valence-corrected chi connectivity index (χ3v) is 5.02. The van der Waals surface area contributed by atoms with E-state index in [1.54, 1.807) is 6.07 Å². The van der Waals surface area contributed by atoms with Crippen LogP contribution in [-0.4, -0.2) is 26.0 Å². The zero-order chi connectivity index (χ0) is 22.5. The van der Waals surface area contributed by atoms with Gasteiger partial charge in [-0.05, 0) is 54.1 Å². The Morgan fingerprint density at radius 3 is 2.41 bits per heavy atom. The van der Waals surface area contributed by atoms with Crippen LogP contribution < -0.4 is 38.9 Å². The van der Waals surface area contributed by atoms with Gasteiger partial charge in [-0.1, -0.05) is 35.3 Å². The predicted molar refractivity (Wildman–Crippen MR) is 120 cm³/mol. The summed E-state index contributed by atoms with van der Waals surface area (Å²) in [5.74, 6) is -1.69. The van der Waals surface area contributed by atoms with Gasteiger partial charge in [-0.3, -0.25) is 4.79 Å². The smallest absolute Gasteiger partial charge is 0.545 e. The van der Waals surface area contributed by atoms with Crippen LogP contribution in [0.4, 0.5) is 11.4 Å². The van der Waals surface area contributed by atoms with Gasteiger partial charge < -0.3 is 24.9 Å². The van der Waals surface area contributed by atoms with Gasteiger partial charge in [-0.2, -0.15) is 0 Å². The number of hydrogen-bond donors (Lipinski definition) is 1. The summed E-state index contributed by atoms with van der Waals surface area (Å²) in [6, 6.07) is 16.5. The van der Waals surface area contributed by atoms with E-state index < -0.39 is 11.9 Å². The van der Waals surface area contributed by atoms with Crippen LogP contribution in [0.1, 0.15) is 26.3 Å². The van der Waals surface area contributed by atoms with Crippen molar-refractivity contribution in [1.82, 2.24) is 0 Å². The van der Waals surface area contributed by atoms with E-state index in [4.69, 9.17) is 27.9 Å². The SMILES string of the molecule is CN(C)c1cccc(COc2ccc(NC(=O)c3ccc(Cl)cc3Cl)c(C(=O)[O-])c2)c1.[Li+]. The first-order valence-electron chi connectivity index (χ1n) is 9.25. The summed E-state index contributed by atoms with van der Waals surface area (Å²) >= 11 is 11.9. The van der Waals surface area contributed by atoms with Crippen LogP contribution in [0.3, 0.4) is 0 Å². The minimum atomic E-state index is -1.45. The third-order valence-electron chi connectivity index (χ3n) is 4.47. The zero-order valence-corrected chi connectivity index (χ0v) is 19.3. The van der Waals surface area contributed by atoms with Crippen molar-refractivity contribution < 1.29 is 38.3 Å². The summed E-state index contributed by atoms with van der Waals surface area (Å²) in [7, 11) is 3.88. The maximum atomic E-state index is 12.5. The number of carbonyl (C=O) groups excluding carboxylic acids is 2. The van der Waals surface area contributed by atoms with E-state index in [2.05, 4.69) is 5.32 Å². The molecular formula is C23H19Cl2LiN2O4. The van der Waals surface area contributed by atoms with Gasteiger partial charge in [-0.15, -0.1) is 0 Å². The summed E-state index contributed by atoms with van der Waals surface area (Å²) in [5, 5.41) is 14.7. The fourth-order valence-corrected chi connectivity index (χ4v) is 3.34. The number of rotatable bonds is 7. The third kappa shape index (κ3) is 6.44. The number of carboxylic acids is 1. The Hall–Kier alpha value is -2.62. The number of ether oxygens (including phenoxy) is 1. The van der Waals surface area contributed by atoms with Gasteiger partial charge >= 0.3 is 18.9 Å². The maximum Gasteiger partial charge on any atom is 1.00 e. The molecule has 0 saturated carbocycles. The van der Waals surface area contributed by atoms with E-state index >= 15 is 0 Å². The number of nitrogens with one attached hydrogen (secondary N) is 1. The topological polar surface area (TPSA) is 81.7 Å².